The Morgan fingerprint density at radius 3 is 2.90 bits per heavy atom. The summed E-state index contributed by atoms with van der Waals surface area (Å²) in [6, 6.07) is 7.88. The normalized spacial score (nSPS) is 20.2. The van der Waals surface area contributed by atoms with E-state index >= 15 is 0 Å². The Hall–Kier alpha value is -1.34. The lowest BCUT2D eigenvalue weighted by Crippen LogP contribution is -2.33. The Morgan fingerprint density at radius 1 is 1.33 bits per heavy atom. The molecule has 2 heterocycles. The molecule has 0 radical (unpaired) electrons. The number of nitrogens with zero attached hydrogens (tertiary/aromatic N) is 2. The van der Waals surface area contributed by atoms with Crippen molar-refractivity contribution in [1.29, 1.82) is 0 Å². The number of aromatic nitrogens is 1. The first kappa shape index (κ1) is 14.6. The predicted octanol–water partition coefficient (Wildman–Crippen LogP) is 3.59. The van der Waals surface area contributed by atoms with Gasteiger partial charge in [-0.25, -0.2) is 4.98 Å². The molecular weight excluding hydrogens is 299 g/mol. The first-order chi connectivity index (χ1) is 9.99. The van der Waals surface area contributed by atoms with E-state index < -0.39 is 12.7 Å². The smallest absolute Gasteiger partial charge is 0.361 e. The number of thiazole rings is 1. The van der Waals surface area contributed by atoms with Crippen molar-refractivity contribution in [3.63, 3.8) is 0 Å². The van der Waals surface area contributed by atoms with Crippen LogP contribution in [0, 0.1) is 5.92 Å². The maximum atomic E-state index is 12.3. The second-order valence-corrected chi connectivity index (χ2v) is 6.40. The van der Waals surface area contributed by atoms with Gasteiger partial charge in [-0.3, -0.25) is 4.90 Å². The van der Waals surface area contributed by atoms with Gasteiger partial charge in [0, 0.05) is 13.1 Å². The zero-order valence-corrected chi connectivity index (χ0v) is 12.2. The SMILES string of the molecule is FC(F)(F)CN1CCC(CNc2nc3ccccc3s2)C1. The molecule has 3 rings (SSSR count). The molecule has 0 bridgehead atoms. The molecule has 1 N–H and O–H groups in total. The zero-order chi connectivity index (χ0) is 14.9. The Morgan fingerprint density at radius 2 is 2.14 bits per heavy atom. The number of alkyl halides is 3. The minimum Gasteiger partial charge on any atom is -0.361 e. The van der Waals surface area contributed by atoms with E-state index in [0.717, 1.165) is 21.8 Å². The highest BCUT2D eigenvalue weighted by Crippen LogP contribution is 2.27. The summed E-state index contributed by atoms with van der Waals surface area (Å²) in [5.41, 5.74) is 0.954. The molecule has 114 valence electrons. The summed E-state index contributed by atoms with van der Waals surface area (Å²) >= 11 is 1.58. The molecule has 1 aromatic carbocycles. The van der Waals surface area contributed by atoms with Crippen LogP contribution in [0.4, 0.5) is 18.3 Å². The highest BCUT2D eigenvalue weighted by atomic mass is 32.1. The maximum absolute atomic E-state index is 12.3. The van der Waals surface area contributed by atoms with Crippen molar-refractivity contribution in [3.8, 4) is 0 Å². The molecule has 7 heteroatoms. The third-order valence-corrected chi connectivity index (χ3v) is 4.60. The molecule has 1 saturated heterocycles. The number of benzene rings is 1. The van der Waals surface area contributed by atoms with Gasteiger partial charge in [-0.1, -0.05) is 23.5 Å². The Kier molecular flexibility index (Phi) is 4.03. The summed E-state index contributed by atoms with van der Waals surface area (Å²) in [4.78, 5) is 5.94. The topological polar surface area (TPSA) is 28.2 Å². The molecular formula is C14H16F3N3S. The van der Waals surface area contributed by atoms with Gasteiger partial charge in [0.15, 0.2) is 5.13 Å². The quantitative estimate of drug-likeness (QED) is 0.934. The summed E-state index contributed by atoms with van der Waals surface area (Å²) in [5, 5.41) is 4.10. The Labute approximate surface area is 124 Å². The van der Waals surface area contributed by atoms with E-state index in [9.17, 15) is 13.2 Å². The first-order valence-corrected chi connectivity index (χ1v) is 7.70. The van der Waals surface area contributed by atoms with Crippen molar-refractivity contribution in [2.75, 3.05) is 31.5 Å². The van der Waals surface area contributed by atoms with Crippen LogP contribution in [0.15, 0.2) is 24.3 Å². The molecule has 0 amide bonds. The molecule has 3 nitrogen and oxygen atoms in total. The molecule has 1 fully saturated rings. The van der Waals surface area contributed by atoms with Crippen LogP contribution in [-0.4, -0.2) is 42.2 Å². The number of likely N-dealkylation sites (tertiary alicyclic amines) is 1. The van der Waals surface area contributed by atoms with Crippen molar-refractivity contribution in [1.82, 2.24) is 9.88 Å². The van der Waals surface area contributed by atoms with Crippen molar-refractivity contribution in [3.05, 3.63) is 24.3 Å². The Balaban J connectivity index is 1.52. The number of anilines is 1. The zero-order valence-electron chi connectivity index (χ0n) is 11.4. The minimum atomic E-state index is -4.10. The van der Waals surface area contributed by atoms with E-state index in [1.807, 2.05) is 24.3 Å². The van der Waals surface area contributed by atoms with Gasteiger partial charge in [-0.15, -0.1) is 0 Å². The van der Waals surface area contributed by atoms with Gasteiger partial charge in [0.25, 0.3) is 0 Å². The summed E-state index contributed by atoms with van der Waals surface area (Å²) in [5.74, 6) is 0.249. The highest BCUT2D eigenvalue weighted by molar-refractivity contribution is 7.22. The lowest BCUT2D eigenvalue weighted by Gasteiger charge is -2.17. The number of halogens is 3. The molecule has 1 unspecified atom stereocenters. The second-order valence-electron chi connectivity index (χ2n) is 5.37. The largest absolute Gasteiger partial charge is 0.401 e. The number of nitrogens with one attached hydrogen (secondary N) is 1. The molecule has 1 aliphatic heterocycles. The number of hydrogen-bond acceptors (Lipinski definition) is 4. The lowest BCUT2D eigenvalue weighted by molar-refractivity contribution is -0.143. The van der Waals surface area contributed by atoms with Gasteiger partial charge in [0.2, 0.25) is 0 Å². The average molecular weight is 315 g/mol. The number of para-hydroxylation sites is 1. The van der Waals surface area contributed by atoms with Crippen LogP contribution in [-0.2, 0) is 0 Å². The summed E-state index contributed by atoms with van der Waals surface area (Å²) in [6.07, 6.45) is -3.30. The van der Waals surface area contributed by atoms with E-state index in [-0.39, 0.29) is 5.92 Å². The molecule has 1 aliphatic rings. The third-order valence-electron chi connectivity index (χ3n) is 3.61. The summed E-state index contributed by atoms with van der Waals surface area (Å²) < 4.78 is 38.1. The fourth-order valence-electron chi connectivity index (χ4n) is 2.66. The second kappa shape index (κ2) is 5.81. The van der Waals surface area contributed by atoms with E-state index in [0.29, 0.717) is 19.6 Å². The van der Waals surface area contributed by atoms with Crippen molar-refractivity contribution < 1.29 is 13.2 Å². The summed E-state index contributed by atoms with van der Waals surface area (Å²) in [7, 11) is 0. The number of hydrogen-bond donors (Lipinski definition) is 1. The molecule has 1 aromatic heterocycles. The van der Waals surface area contributed by atoms with Gasteiger partial charge < -0.3 is 5.32 Å². The lowest BCUT2D eigenvalue weighted by atomic mass is 10.1. The van der Waals surface area contributed by atoms with Gasteiger partial charge in [-0.05, 0) is 31.0 Å². The molecule has 0 spiro atoms. The van der Waals surface area contributed by atoms with Crippen LogP contribution in [0.3, 0.4) is 0 Å². The van der Waals surface area contributed by atoms with Crippen LogP contribution >= 0.6 is 11.3 Å². The van der Waals surface area contributed by atoms with Crippen LogP contribution in [0.25, 0.3) is 10.2 Å². The van der Waals surface area contributed by atoms with Crippen LogP contribution in [0.5, 0.6) is 0 Å². The van der Waals surface area contributed by atoms with E-state index in [1.54, 1.807) is 11.3 Å². The molecule has 0 aliphatic carbocycles. The molecule has 2 aromatic rings. The van der Waals surface area contributed by atoms with E-state index in [2.05, 4.69) is 10.3 Å². The molecule has 21 heavy (non-hydrogen) atoms. The van der Waals surface area contributed by atoms with Crippen molar-refractivity contribution in [2.45, 2.75) is 12.6 Å². The monoisotopic (exact) mass is 315 g/mol. The van der Waals surface area contributed by atoms with Crippen molar-refractivity contribution in [2.24, 2.45) is 5.92 Å². The van der Waals surface area contributed by atoms with E-state index in [4.69, 9.17) is 0 Å². The van der Waals surface area contributed by atoms with Gasteiger partial charge in [0.1, 0.15) is 0 Å². The standard InChI is InChI=1S/C14H16F3N3S/c15-14(16,17)9-20-6-5-10(8-20)7-18-13-19-11-3-1-2-4-12(11)21-13/h1-4,10H,5-9H2,(H,18,19). The van der Waals surface area contributed by atoms with Crippen molar-refractivity contribution >= 4 is 26.7 Å². The van der Waals surface area contributed by atoms with Crippen LogP contribution < -0.4 is 5.32 Å². The molecule has 0 saturated carbocycles. The first-order valence-electron chi connectivity index (χ1n) is 6.88. The van der Waals surface area contributed by atoms with Gasteiger partial charge >= 0.3 is 6.18 Å². The average Bonchev–Trinajstić information content (AvgIpc) is 3.00. The Bertz CT molecular complexity index is 578. The summed E-state index contributed by atoms with van der Waals surface area (Å²) in [6.45, 7) is 0.891. The number of fused-ring (bicyclic) bond motifs is 1. The van der Waals surface area contributed by atoms with E-state index in [1.165, 1.54) is 4.90 Å². The fraction of sp³-hybridized carbons (Fsp3) is 0.500. The minimum absolute atomic E-state index is 0.249. The van der Waals surface area contributed by atoms with Gasteiger partial charge in [0.05, 0.1) is 16.8 Å². The molecule has 1 atom stereocenters. The maximum Gasteiger partial charge on any atom is 0.401 e. The van der Waals surface area contributed by atoms with Gasteiger partial charge in [-0.2, -0.15) is 13.2 Å². The highest BCUT2D eigenvalue weighted by Gasteiger charge is 2.34. The predicted molar refractivity (Wildman–Crippen MR) is 78.7 cm³/mol. The van der Waals surface area contributed by atoms with Crippen LogP contribution in [0.2, 0.25) is 0 Å². The third kappa shape index (κ3) is 3.85. The van der Waals surface area contributed by atoms with Crippen LogP contribution in [0.1, 0.15) is 6.42 Å². The number of rotatable bonds is 4. The fourth-order valence-corrected chi connectivity index (χ4v) is 3.53.